The van der Waals surface area contributed by atoms with Crippen LogP contribution in [0.3, 0.4) is 0 Å². The van der Waals surface area contributed by atoms with Crippen molar-refractivity contribution in [2.75, 3.05) is 0 Å². The minimum atomic E-state index is -2.57. The standard InChI is InChI=1S/Ge4H7O2.Na/c1-2-3-4(5)6;/h2-3H2,1H3;/q-1;+1. The van der Waals surface area contributed by atoms with Crippen molar-refractivity contribution in [3.05, 3.63) is 0 Å². The van der Waals surface area contributed by atoms with E-state index < -0.39 is 24.1 Å². The van der Waals surface area contributed by atoms with E-state index in [2.05, 4.69) is 0 Å². The summed E-state index contributed by atoms with van der Waals surface area (Å²) in [5, 5.41) is 0. The Kier molecular flexibility index (Phi) is 15.6. The molecular formula is H7Ge4NaO2. The summed E-state index contributed by atoms with van der Waals surface area (Å²) < 4.78 is 19.8. The van der Waals surface area contributed by atoms with E-state index in [1.807, 2.05) is 0 Å². The molecule has 0 fully saturated rings. The van der Waals surface area contributed by atoms with Crippen LogP contribution in [0.2, 0.25) is 0 Å². The SMILES string of the molecule is [Na+].[O]=[Ge]([O-])[GeH2][GeH2][GeH3]. The van der Waals surface area contributed by atoms with Gasteiger partial charge in [-0.1, -0.05) is 0 Å². The van der Waals surface area contributed by atoms with E-state index in [-0.39, 0.29) is 41.1 Å². The molecule has 0 bridgehead atoms. The van der Waals surface area contributed by atoms with Gasteiger partial charge in [-0.25, -0.2) is 0 Å². The molecule has 7 heavy (non-hydrogen) atoms. The quantitative estimate of drug-likeness (QED) is 0.463. The van der Waals surface area contributed by atoms with Crippen LogP contribution in [0.25, 0.3) is 0 Å². The molecule has 7 heteroatoms. The third-order valence-corrected chi connectivity index (χ3v) is 211. The second-order valence-corrected chi connectivity index (χ2v) is 113. The fourth-order valence-corrected chi connectivity index (χ4v) is 149. The van der Waals surface area contributed by atoms with Gasteiger partial charge in [-0.15, -0.1) is 0 Å². The van der Waals surface area contributed by atoms with Crippen LogP contribution in [0.15, 0.2) is 0 Å². The van der Waals surface area contributed by atoms with Crippen molar-refractivity contribution >= 4 is 50.2 Å². The van der Waals surface area contributed by atoms with Crippen LogP contribution in [0.5, 0.6) is 0 Å². The maximum absolute atomic E-state index is 9.90. The van der Waals surface area contributed by atoms with Gasteiger partial charge < -0.3 is 0 Å². The molecule has 0 aliphatic heterocycles. The zero-order chi connectivity index (χ0) is 4.99. The third-order valence-electron chi connectivity index (χ3n) is 0.454. The molecule has 0 spiro atoms. The second kappa shape index (κ2) is 8.77. The first-order chi connectivity index (χ1) is 2.77. The molecule has 0 saturated heterocycles. The molecule has 0 radical (unpaired) electrons. The average molecular weight is 352 g/mol. The topological polar surface area (TPSA) is 40.1 Å². The molecule has 0 N–H and O–H groups in total. The van der Waals surface area contributed by atoms with Crippen LogP contribution in [-0.2, 0) is 3.78 Å². The predicted octanol–water partition coefficient (Wildman–Crippen LogP) is -7.70. The van der Waals surface area contributed by atoms with Crippen molar-refractivity contribution in [2.45, 2.75) is 0 Å². The van der Waals surface area contributed by atoms with E-state index in [9.17, 15) is 7.91 Å². The summed E-state index contributed by atoms with van der Waals surface area (Å²) in [7, 11) is 0. The van der Waals surface area contributed by atoms with Crippen LogP contribution in [0.4, 0.5) is 0 Å². The van der Waals surface area contributed by atoms with Crippen LogP contribution >= 0.6 is 0 Å². The zero-order valence-electron chi connectivity index (χ0n) is 4.73. The molecule has 0 aliphatic rings. The molecule has 0 saturated carbocycles. The first-order valence-electron chi connectivity index (χ1n) is 1.97. The molecule has 0 atom stereocenters. The van der Waals surface area contributed by atoms with Gasteiger partial charge in [0.05, 0.1) is 0 Å². The van der Waals surface area contributed by atoms with E-state index in [0.717, 1.165) is 14.5 Å². The normalized spacial score (nSPS) is 10.9. The van der Waals surface area contributed by atoms with E-state index in [4.69, 9.17) is 0 Å². The molecule has 0 heterocycles. The van der Waals surface area contributed by atoms with Gasteiger partial charge in [0.2, 0.25) is 0 Å². The summed E-state index contributed by atoms with van der Waals surface area (Å²) >= 11 is -2.38. The van der Waals surface area contributed by atoms with E-state index >= 15 is 0 Å². The first-order valence-corrected chi connectivity index (χ1v) is 44.3. The van der Waals surface area contributed by atoms with Crippen LogP contribution in [-0.4, -0.2) is 50.2 Å². The Labute approximate surface area is 85.9 Å². The molecule has 0 aliphatic carbocycles. The molecule has 2 nitrogen and oxygen atoms in total. The molecular weight excluding hydrogens is 345 g/mol. The third kappa shape index (κ3) is 12.1. The molecule has 36 valence electrons. The van der Waals surface area contributed by atoms with Crippen molar-refractivity contribution < 1.29 is 37.5 Å². The Morgan fingerprint density at radius 3 is 2.14 bits per heavy atom. The molecule has 0 aromatic rings. The second-order valence-electron chi connectivity index (χ2n) is 1.12. The van der Waals surface area contributed by atoms with Gasteiger partial charge in [0.15, 0.2) is 0 Å². The molecule has 0 unspecified atom stereocenters. The number of hydrogen-bond donors (Lipinski definition) is 0. The summed E-state index contributed by atoms with van der Waals surface area (Å²) in [6.45, 7) is 0. The fraction of sp³-hybridized carbons (Fsp3) is 0. The predicted molar refractivity (Wildman–Crippen MR) is 33.5 cm³/mol. The zero-order valence-corrected chi connectivity index (χ0v) is 19.0. The van der Waals surface area contributed by atoms with E-state index in [0.29, 0.717) is 0 Å². The Morgan fingerprint density at radius 1 is 1.71 bits per heavy atom. The van der Waals surface area contributed by atoms with Crippen molar-refractivity contribution in [1.29, 1.82) is 0 Å². The summed E-state index contributed by atoms with van der Waals surface area (Å²) in [6.07, 6.45) is 0. The summed E-state index contributed by atoms with van der Waals surface area (Å²) in [5.41, 5.74) is 0. The maximum atomic E-state index is 9.90. The summed E-state index contributed by atoms with van der Waals surface area (Å²) in [5.74, 6) is 0. The average Bonchev–Trinajstić information content (AvgIpc) is 1.35. The van der Waals surface area contributed by atoms with Gasteiger partial charge >= 0.3 is 87.7 Å². The van der Waals surface area contributed by atoms with Crippen LogP contribution in [0, 0.1) is 0 Å². The van der Waals surface area contributed by atoms with E-state index in [1.54, 1.807) is 0 Å². The fourth-order valence-electron chi connectivity index (χ4n) is 0.204. The Hall–Kier alpha value is 2.77. The van der Waals surface area contributed by atoms with Gasteiger partial charge in [0.1, 0.15) is 0 Å². The van der Waals surface area contributed by atoms with Gasteiger partial charge in [-0.2, -0.15) is 0 Å². The van der Waals surface area contributed by atoms with Crippen molar-refractivity contribution in [3.63, 3.8) is 0 Å². The first kappa shape index (κ1) is 12.4. The Balaban J connectivity index is 0. The number of hydrogen-bond acceptors (Lipinski definition) is 2. The molecule has 0 aromatic carbocycles. The van der Waals surface area contributed by atoms with E-state index in [1.165, 1.54) is 0 Å². The molecule has 0 aromatic heterocycles. The Bertz CT molecular complexity index is 53.7. The molecule has 0 amide bonds. The van der Waals surface area contributed by atoms with Crippen LogP contribution in [0.1, 0.15) is 0 Å². The number of rotatable bonds is 2. The van der Waals surface area contributed by atoms with Crippen molar-refractivity contribution in [1.82, 2.24) is 0 Å². The van der Waals surface area contributed by atoms with Crippen molar-refractivity contribution in [3.8, 4) is 0 Å². The summed E-state index contributed by atoms with van der Waals surface area (Å²) in [6, 6.07) is 0. The van der Waals surface area contributed by atoms with Gasteiger partial charge in [-0.3, -0.25) is 0 Å². The Morgan fingerprint density at radius 2 is 2.14 bits per heavy atom. The van der Waals surface area contributed by atoms with Gasteiger partial charge in [0, 0.05) is 0 Å². The van der Waals surface area contributed by atoms with Gasteiger partial charge in [0.25, 0.3) is 0 Å². The minimum absolute atomic E-state index is 0. The molecule has 0 rings (SSSR count). The summed E-state index contributed by atoms with van der Waals surface area (Å²) in [4.78, 5) is 0. The van der Waals surface area contributed by atoms with Crippen molar-refractivity contribution in [2.24, 2.45) is 0 Å². The monoisotopic (exact) mass is 358 g/mol. The van der Waals surface area contributed by atoms with Crippen LogP contribution < -0.4 is 33.7 Å². The van der Waals surface area contributed by atoms with Gasteiger partial charge in [-0.05, 0) is 0 Å².